The number of hydrogen-bond acceptors (Lipinski definition) is 3. The second-order valence-electron chi connectivity index (χ2n) is 7.77. The molecule has 1 aromatic heterocycles. The molecule has 2 aliphatic rings. The molecule has 0 atom stereocenters. The first-order valence-corrected chi connectivity index (χ1v) is 10.4. The Kier molecular flexibility index (Phi) is 5.39. The number of thioether (sulfide) groups is 1. The number of unbranched alkanes of at least 4 members (excludes halogenated alkanes) is 1. The zero-order valence-electron chi connectivity index (χ0n) is 15.4. The minimum Gasteiger partial charge on any atom is -0.261 e. The first kappa shape index (κ1) is 17.6. The van der Waals surface area contributed by atoms with Crippen molar-refractivity contribution >= 4 is 17.6 Å². The highest BCUT2D eigenvalue weighted by Gasteiger charge is 2.35. The summed E-state index contributed by atoms with van der Waals surface area (Å²) in [6.07, 6.45) is 8.32. The third kappa shape index (κ3) is 3.57. The van der Waals surface area contributed by atoms with E-state index >= 15 is 0 Å². The average molecular weight is 345 g/mol. The van der Waals surface area contributed by atoms with Gasteiger partial charge in [-0.05, 0) is 37.7 Å². The summed E-state index contributed by atoms with van der Waals surface area (Å²) < 4.78 is 0.223. The Bertz CT molecular complexity index is 639. The standard InChI is InChI=1S/C20H29N3S/c1-4-5-9-18-17-14-24-20(2,3)12-15(17)16(13-21)19(22-18)23-10-7-6-8-11-23/h4-12,14H2,1-3H3/p+1. The molecular weight excluding hydrogens is 314 g/mol. The minimum atomic E-state index is 0.223. The van der Waals surface area contributed by atoms with Crippen molar-refractivity contribution < 1.29 is 4.98 Å². The van der Waals surface area contributed by atoms with Gasteiger partial charge in [-0.3, -0.25) is 4.90 Å². The van der Waals surface area contributed by atoms with Crippen LogP contribution in [0.3, 0.4) is 0 Å². The second kappa shape index (κ2) is 7.35. The number of nitrogens with one attached hydrogen (secondary N) is 1. The molecule has 1 saturated heterocycles. The largest absolute Gasteiger partial charge is 0.293 e. The molecule has 0 unspecified atom stereocenters. The van der Waals surface area contributed by atoms with Gasteiger partial charge in [0.05, 0.1) is 13.1 Å². The van der Waals surface area contributed by atoms with Gasteiger partial charge in [0.1, 0.15) is 17.3 Å². The van der Waals surface area contributed by atoms with Gasteiger partial charge in [-0.1, -0.05) is 27.2 Å². The monoisotopic (exact) mass is 344 g/mol. The van der Waals surface area contributed by atoms with Gasteiger partial charge in [-0.15, -0.1) is 0 Å². The van der Waals surface area contributed by atoms with Crippen molar-refractivity contribution in [1.82, 2.24) is 0 Å². The topological polar surface area (TPSA) is 41.2 Å². The Labute approximate surface area is 150 Å². The van der Waals surface area contributed by atoms with Crippen LogP contribution in [0.25, 0.3) is 0 Å². The van der Waals surface area contributed by atoms with Crippen molar-refractivity contribution in [2.24, 2.45) is 0 Å². The third-order valence-electron chi connectivity index (χ3n) is 5.31. The molecule has 130 valence electrons. The summed E-state index contributed by atoms with van der Waals surface area (Å²) in [6, 6.07) is 2.56. The van der Waals surface area contributed by atoms with Crippen molar-refractivity contribution in [3.8, 4) is 6.07 Å². The normalized spacial score (nSPS) is 19.7. The molecular formula is C20H30N3S+. The molecule has 0 aromatic carbocycles. The number of H-pyrrole nitrogens is 1. The molecule has 3 nitrogen and oxygen atoms in total. The lowest BCUT2D eigenvalue weighted by atomic mass is 9.91. The van der Waals surface area contributed by atoms with Gasteiger partial charge >= 0.3 is 0 Å². The third-order valence-corrected chi connectivity index (χ3v) is 6.67. The van der Waals surface area contributed by atoms with Crippen molar-refractivity contribution in [2.45, 2.75) is 76.2 Å². The van der Waals surface area contributed by atoms with E-state index in [1.54, 1.807) is 0 Å². The van der Waals surface area contributed by atoms with E-state index in [0.29, 0.717) is 0 Å². The van der Waals surface area contributed by atoms with E-state index in [-0.39, 0.29) is 4.75 Å². The van der Waals surface area contributed by atoms with E-state index in [1.165, 1.54) is 48.9 Å². The fourth-order valence-electron chi connectivity index (χ4n) is 3.91. The van der Waals surface area contributed by atoms with Crippen LogP contribution in [-0.4, -0.2) is 17.8 Å². The zero-order chi connectivity index (χ0) is 17.2. The first-order valence-electron chi connectivity index (χ1n) is 9.44. The summed E-state index contributed by atoms with van der Waals surface area (Å²) in [5, 5.41) is 9.94. The Morgan fingerprint density at radius 3 is 2.62 bits per heavy atom. The fourth-order valence-corrected chi connectivity index (χ4v) is 5.04. The molecule has 0 radical (unpaired) electrons. The minimum absolute atomic E-state index is 0.223. The molecule has 0 spiro atoms. The number of aromatic amines is 1. The second-order valence-corrected chi connectivity index (χ2v) is 9.45. The summed E-state index contributed by atoms with van der Waals surface area (Å²) in [5.41, 5.74) is 5.05. The molecule has 3 rings (SSSR count). The van der Waals surface area contributed by atoms with E-state index in [4.69, 9.17) is 0 Å². The molecule has 2 aliphatic heterocycles. The predicted octanol–water partition coefficient (Wildman–Crippen LogP) is 4.27. The van der Waals surface area contributed by atoms with Crippen LogP contribution < -0.4 is 9.88 Å². The Hall–Kier alpha value is -1.21. The van der Waals surface area contributed by atoms with Crippen LogP contribution in [0.15, 0.2) is 0 Å². The molecule has 0 amide bonds. The average Bonchev–Trinajstić information content (AvgIpc) is 2.58. The molecule has 24 heavy (non-hydrogen) atoms. The Balaban J connectivity index is 2.09. The number of hydrogen-bond donors (Lipinski definition) is 0. The van der Waals surface area contributed by atoms with Crippen molar-refractivity contribution in [3.05, 3.63) is 22.4 Å². The number of anilines is 1. The zero-order valence-corrected chi connectivity index (χ0v) is 16.2. The number of piperidine rings is 1. The summed E-state index contributed by atoms with van der Waals surface area (Å²) >= 11 is 2.03. The Morgan fingerprint density at radius 2 is 1.96 bits per heavy atom. The summed E-state index contributed by atoms with van der Waals surface area (Å²) in [7, 11) is 0. The maximum absolute atomic E-state index is 9.94. The van der Waals surface area contributed by atoms with Crippen molar-refractivity contribution in [2.75, 3.05) is 18.0 Å². The quantitative estimate of drug-likeness (QED) is 0.819. The van der Waals surface area contributed by atoms with Crippen molar-refractivity contribution in [1.29, 1.82) is 5.26 Å². The van der Waals surface area contributed by atoms with Gasteiger partial charge in [-0.25, -0.2) is 4.98 Å². The highest BCUT2D eigenvalue weighted by Crippen LogP contribution is 2.41. The lowest BCUT2D eigenvalue weighted by molar-refractivity contribution is -0.378. The van der Waals surface area contributed by atoms with Crippen LogP contribution in [-0.2, 0) is 18.6 Å². The van der Waals surface area contributed by atoms with Crippen LogP contribution in [0, 0.1) is 11.3 Å². The van der Waals surface area contributed by atoms with Crippen LogP contribution in [0.4, 0.5) is 5.82 Å². The molecule has 1 N–H and O–H groups in total. The summed E-state index contributed by atoms with van der Waals surface area (Å²) in [6.45, 7) is 9.03. The number of fused-ring (bicyclic) bond motifs is 1. The highest BCUT2D eigenvalue weighted by molar-refractivity contribution is 7.99. The van der Waals surface area contributed by atoms with Gasteiger partial charge in [0.25, 0.3) is 5.82 Å². The Morgan fingerprint density at radius 1 is 1.21 bits per heavy atom. The van der Waals surface area contributed by atoms with E-state index in [0.717, 1.165) is 43.1 Å². The predicted molar refractivity (Wildman–Crippen MR) is 101 cm³/mol. The maximum atomic E-state index is 9.94. The molecule has 0 aliphatic carbocycles. The van der Waals surface area contributed by atoms with Gasteiger partial charge in [0, 0.05) is 22.5 Å². The number of aryl methyl sites for hydroxylation is 1. The number of rotatable bonds is 4. The van der Waals surface area contributed by atoms with E-state index < -0.39 is 0 Å². The van der Waals surface area contributed by atoms with Crippen LogP contribution in [0.2, 0.25) is 0 Å². The molecule has 1 fully saturated rings. The lowest BCUT2D eigenvalue weighted by Crippen LogP contribution is -2.38. The molecule has 0 bridgehead atoms. The highest BCUT2D eigenvalue weighted by atomic mass is 32.2. The van der Waals surface area contributed by atoms with Crippen LogP contribution in [0.1, 0.15) is 75.3 Å². The molecule has 0 saturated carbocycles. The smallest absolute Gasteiger partial charge is 0.261 e. The van der Waals surface area contributed by atoms with E-state index in [2.05, 4.69) is 36.7 Å². The molecule has 4 heteroatoms. The maximum Gasteiger partial charge on any atom is 0.293 e. The molecule has 3 heterocycles. The van der Waals surface area contributed by atoms with Gasteiger partial charge < -0.3 is 0 Å². The molecule has 1 aromatic rings. The number of nitrogens with zero attached hydrogens (tertiary/aromatic N) is 2. The lowest BCUT2D eigenvalue weighted by Gasteiger charge is -2.33. The van der Waals surface area contributed by atoms with E-state index in [9.17, 15) is 5.26 Å². The van der Waals surface area contributed by atoms with Crippen LogP contribution >= 0.6 is 11.8 Å². The summed E-state index contributed by atoms with van der Waals surface area (Å²) in [4.78, 5) is 6.14. The van der Waals surface area contributed by atoms with Gasteiger partial charge in [0.15, 0.2) is 0 Å². The number of aromatic nitrogens is 1. The fraction of sp³-hybridized carbons (Fsp3) is 0.700. The van der Waals surface area contributed by atoms with Crippen molar-refractivity contribution in [3.63, 3.8) is 0 Å². The number of pyridine rings is 1. The number of nitriles is 1. The van der Waals surface area contributed by atoms with Crippen LogP contribution in [0.5, 0.6) is 0 Å². The van der Waals surface area contributed by atoms with Gasteiger partial charge in [-0.2, -0.15) is 17.0 Å². The first-order chi connectivity index (χ1) is 11.6. The summed E-state index contributed by atoms with van der Waals surface area (Å²) in [5.74, 6) is 2.14. The SMILES string of the molecule is CCCCc1[nH+]c(N2CCCCC2)c(C#N)c2c1CSC(C)(C)C2. The van der Waals surface area contributed by atoms with E-state index in [1.807, 2.05) is 11.8 Å². The van der Waals surface area contributed by atoms with Gasteiger partial charge in [0.2, 0.25) is 0 Å².